The lowest BCUT2D eigenvalue weighted by atomic mass is 10.2. The van der Waals surface area contributed by atoms with Crippen LogP contribution in [-0.2, 0) is 14.7 Å². The number of hydrogen-bond acceptors (Lipinski definition) is 5. The van der Waals surface area contributed by atoms with Gasteiger partial charge in [-0.25, -0.2) is 0 Å². The van der Waals surface area contributed by atoms with Gasteiger partial charge in [-0.1, -0.05) is 18.2 Å². The molecule has 126 valence electrons. The van der Waals surface area contributed by atoms with Gasteiger partial charge in [0.1, 0.15) is 0 Å². The molecule has 0 aliphatic heterocycles. The molecule has 0 aromatic heterocycles. The van der Waals surface area contributed by atoms with Gasteiger partial charge in [0.05, 0.1) is 18.6 Å². The minimum absolute atomic E-state index is 0.0466. The SMILES string of the molecule is Cc1cccc(C)c1P(=O)(O)CN(CCO)CCS(=O)(=O)O. The molecule has 0 saturated carbocycles. The summed E-state index contributed by atoms with van der Waals surface area (Å²) in [5.41, 5.74) is 1.37. The Hall–Kier alpha value is -0.760. The van der Waals surface area contributed by atoms with Gasteiger partial charge in [-0.05, 0) is 25.0 Å². The maximum Gasteiger partial charge on any atom is 0.266 e. The zero-order valence-electron chi connectivity index (χ0n) is 12.6. The van der Waals surface area contributed by atoms with Gasteiger partial charge < -0.3 is 10.00 Å². The summed E-state index contributed by atoms with van der Waals surface area (Å²) in [6.07, 6.45) is -0.283. The van der Waals surface area contributed by atoms with Crippen molar-refractivity contribution in [1.82, 2.24) is 4.90 Å². The minimum Gasteiger partial charge on any atom is -0.395 e. The lowest BCUT2D eigenvalue weighted by molar-refractivity contribution is 0.216. The Labute approximate surface area is 130 Å². The van der Waals surface area contributed by atoms with Gasteiger partial charge in [-0.2, -0.15) is 8.42 Å². The minimum atomic E-state index is -4.17. The first-order valence-corrected chi connectivity index (χ1v) is 10.2. The molecule has 0 bridgehead atoms. The van der Waals surface area contributed by atoms with Crippen LogP contribution in [-0.4, -0.2) is 59.6 Å². The van der Waals surface area contributed by atoms with Crippen LogP contribution in [0, 0.1) is 13.8 Å². The van der Waals surface area contributed by atoms with Gasteiger partial charge >= 0.3 is 0 Å². The van der Waals surface area contributed by atoms with E-state index in [0.29, 0.717) is 16.4 Å². The molecule has 1 aromatic rings. The van der Waals surface area contributed by atoms with E-state index in [0.717, 1.165) is 0 Å². The lowest BCUT2D eigenvalue weighted by Crippen LogP contribution is -2.34. The van der Waals surface area contributed by atoms with Gasteiger partial charge in [-0.15, -0.1) is 0 Å². The third kappa shape index (κ3) is 5.79. The van der Waals surface area contributed by atoms with E-state index in [4.69, 9.17) is 9.66 Å². The number of benzene rings is 1. The quantitative estimate of drug-likeness (QED) is 0.457. The highest BCUT2D eigenvalue weighted by Crippen LogP contribution is 2.42. The lowest BCUT2D eigenvalue weighted by Gasteiger charge is -2.25. The highest BCUT2D eigenvalue weighted by molar-refractivity contribution is 7.85. The van der Waals surface area contributed by atoms with Crippen molar-refractivity contribution in [2.75, 3.05) is 31.7 Å². The summed E-state index contributed by atoms with van der Waals surface area (Å²) in [6.45, 7) is 3.11. The zero-order chi connectivity index (χ0) is 17.0. The Bertz CT molecular complexity index is 640. The van der Waals surface area contributed by atoms with E-state index < -0.39 is 23.2 Å². The van der Waals surface area contributed by atoms with Crippen LogP contribution in [0.1, 0.15) is 11.1 Å². The van der Waals surface area contributed by atoms with Crippen molar-refractivity contribution in [2.24, 2.45) is 0 Å². The molecule has 0 aliphatic rings. The second kappa shape index (κ2) is 7.68. The van der Waals surface area contributed by atoms with Crippen molar-refractivity contribution in [2.45, 2.75) is 13.8 Å². The Morgan fingerprint density at radius 1 is 1.18 bits per heavy atom. The molecule has 22 heavy (non-hydrogen) atoms. The maximum atomic E-state index is 12.7. The standard InChI is InChI=1S/C13H22NO6PS/c1-11-4-3-5-12(2)13(11)21(16,17)10-14(6-8-15)7-9-22(18,19)20/h3-5,15H,6-10H2,1-2H3,(H,16,17)(H,18,19,20). The highest BCUT2D eigenvalue weighted by Gasteiger charge is 2.28. The fraction of sp³-hybridized carbons (Fsp3) is 0.538. The molecular weight excluding hydrogens is 329 g/mol. The molecule has 7 nitrogen and oxygen atoms in total. The van der Waals surface area contributed by atoms with E-state index in [1.54, 1.807) is 32.0 Å². The summed E-state index contributed by atoms with van der Waals surface area (Å²) in [5, 5.41) is 9.37. The molecule has 1 unspecified atom stereocenters. The Balaban J connectivity index is 2.98. The monoisotopic (exact) mass is 351 g/mol. The van der Waals surface area contributed by atoms with E-state index >= 15 is 0 Å². The first kappa shape index (κ1) is 19.3. The number of rotatable bonds is 8. The molecule has 0 fully saturated rings. The van der Waals surface area contributed by atoms with Crippen LogP contribution in [0.4, 0.5) is 0 Å². The van der Waals surface area contributed by atoms with E-state index in [9.17, 15) is 17.9 Å². The van der Waals surface area contributed by atoms with Crippen LogP contribution in [0.5, 0.6) is 0 Å². The first-order valence-electron chi connectivity index (χ1n) is 6.74. The Morgan fingerprint density at radius 3 is 2.18 bits per heavy atom. The first-order chi connectivity index (χ1) is 10.1. The second-order valence-corrected chi connectivity index (χ2v) is 8.92. The number of aliphatic hydroxyl groups excluding tert-OH is 1. The Morgan fingerprint density at radius 2 is 1.73 bits per heavy atom. The molecule has 0 radical (unpaired) electrons. The van der Waals surface area contributed by atoms with E-state index in [1.165, 1.54) is 4.90 Å². The second-order valence-electron chi connectivity index (χ2n) is 5.21. The fourth-order valence-electron chi connectivity index (χ4n) is 2.34. The number of aliphatic hydroxyl groups is 1. The van der Waals surface area contributed by atoms with Gasteiger partial charge in [0.15, 0.2) is 0 Å². The third-order valence-corrected chi connectivity index (χ3v) is 6.15. The largest absolute Gasteiger partial charge is 0.395 e. The van der Waals surface area contributed by atoms with Crippen LogP contribution in [0.25, 0.3) is 0 Å². The molecule has 3 N–H and O–H groups in total. The zero-order valence-corrected chi connectivity index (χ0v) is 14.3. The third-order valence-electron chi connectivity index (χ3n) is 3.26. The molecular formula is C13H22NO6PS. The molecule has 0 aliphatic carbocycles. The topological polar surface area (TPSA) is 115 Å². The average molecular weight is 351 g/mol. The van der Waals surface area contributed by atoms with Crippen molar-refractivity contribution in [3.63, 3.8) is 0 Å². The van der Waals surface area contributed by atoms with Crippen LogP contribution >= 0.6 is 7.37 Å². The summed E-state index contributed by atoms with van der Waals surface area (Å²) >= 11 is 0. The van der Waals surface area contributed by atoms with Crippen molar-refractivity contribution in [3.8, 4) is 0 Å². The van der Waals surface area contributed by atoms with Gasteiger partial charge in [0.2, 0.25) is 7.37 Å². The van der Waals surface area contributed by atoms with Crippen molar-refractivity contribution in [3.05, 3.63) is 29.3 Å². The van der Waals surface area contributed by atoms with Crippen molar-refractivity contribution in [1.29, 1.82) is 0 Å². The molecule has 0 saturated heterocycles. The van der Waals surface area contributed by atoms with E-state index in [2.05, 4.69) is 0 Å². The summed E-state index contributed by atoms with van der Waals surface area (Å²) in [6, 6.07) is 5.26. The van der Waals surface area contributed by atoms with E-state index in [1.807, 2.05) is 0 Å². The summed E-state index contributed by atoms with van der Waals surface area (Å²) in [4.78, 5) is 11.8. The smallest absolute Gasteiger partial charge is 0.266 e. The fourth-order valence-corrected chi connectivity index (χ4v) is 5.04. The summed E-state index contributed by atoms with van der Waals surface area (Å²) in [7, 11) is -7.92. The van der Waals surface area contributed by atoms with Crippen LogP contribution in [0.2, 0.25) is 0 Å². The summed E-state index contributed by atoms with van der Waals surface area (Å²) < 4.78 is 43.1. The molecule has 0 heterocycles. The van der Waals surface area contributed by atoms with Crippen LogP contribution in [0.3, 0.4) is 0 Å². The number of aryl methyl sites for hydroxylation is 2. The van der Waals surface area contributed by atoms with Gasteiger partial charge in [-0.3, -0.25) is 14.0 Å². The predicted molar refractivity (Wildman–Crippen MR) is 85.3 cm³/mol. The Kier molecular flexibility index (Phi) is 6.73. The van der Waals surface area contributed by atoms with Crippen molar-refractivity contribution < 1.29 is 27.5 Å². The molecule has 1 rings (SSSR count). The van der Waals surface area contributed by atoms with Crippen LogP contribution < -0.4 is 5.30 Å². The number of nitrogens with zero attached hydrogens (tertiary/aromatic N) is 1. The molecule has 1 aromatic carbocycles. The predicted octanol–water partition coefficient (Wildman–Crippen LogP) is 0.339. The molecule has 0 spiro atoms. The van der Waals surface area contributed by atoms with Crippen LogP contribution in [0.15, 0.2) is 18.2 Å². The molecule has 0 amide bonds. The average Bonchev–Trinajstić information content (AvgIpc) is 2.34. The number of hydrogen-bond donors (Lipinski definition) is 3. The van der Waals surface area contributed by atoms with Crippen molar-refractivity contribution >= 4 is 22.8 Å². The van der Waals surface area contributed by atoms with Gasteiger partial charge in [0.25, 0.3) is 10.1 Å². The normalized spacial score (nSPS) is 15.0. The maximum absolute atomic E-state index is 12.7. The van der Waals surface area contributed by atoms with Gasteiger partial charge in [0, 0.05) is 18.4 Å². The molecule has 1 atom stereocenters. The van der Waals surface area contributed by atoms with E-state index in [-0.39, 0.29) is 26.0 Å². The molecule has 9 heteroatoms. The summed E-state index contributed by atoms with van der Waals surface area (Å²) in [5.74, 6) is -0.556. The highest BCUT2D eigenvalue weighted by atomic mass is 32.2.